The molecule has 2 heterocycles. The lowest BCUT2D eigenvalue weighted by atomic mass is 10.3. The van der Waals surface area contributed by atoms with E-state index in [0.717, 1.165) is 0 Å². The quantitative estimate of drug-likeness (QED) is 0.765. The van der Waals surface area contributed by atoms with E-state index >= 15 is 0 Å². The van der Waals surface area contributed by atoms with Gasteiger partial charge in [0.05, 0.1) is 12.5 Å². The Bertz CT molecular complexity index is 491. The number of methoxy groups -OCH3 is 1. The molecule has 0 fully saturated rings. The number of carbonyl (C=O) groups is 1. The highest BCUT2D eigenvalue weighted by Crippen LogP contribution is 2.19. The zero-order valence-corrected chi connectivity index (χ0v) is 7.22. The summed E-state index contributed by atoms with van der Waals surface area (Å²) in [5.74, 6) is -0.790. The number of ether oxygens (including phenoxy) is 1. The summed E-state index contributed by atoms with van der Waals surface area (Å²) < 4.78 is 9.58. The number of aromatic carboxylic acids is 1. The molecule has 1 N–H and O–H groups in total. The van der Waals surface area contributed by atoms with Crippen molar-refractivity contribution in [2.24, 2.45) is 0 Å². The third-order valence-electron chi connectivity index (χ3n) is 1.72. The van der Waals surface area contributed by atoms with Crippen molar-refractivity contribution in [2.45, 2.75) is 0 Å². The molecule has 0 saturated carbocycles. The van der Waals surface area contributed by atoms with Gasteiger partial charge in [-0.1, -0.05) is 5.16 Å². The molecule has 0 saturated heterocycles. The number of fused-ring (bicyclic) bond motifs is 1. The third kappa shape index (κ3) is 1.17. The maximum atomic E-state index is 10.6. The van der Waals surface area contributed by atoms with E-state index in [1.54, 1.807) is 12.1 Å². The molecule has 0 aliphatic heterocycles. The summed E-state index contributed by atoms with van der Waals surface area (Å²) in [6.07, 6.45) is 0. The summed E-state index contributed by atoms with van der Waals surface area (Å²) in [5.41, 5.74) is 0.0110. The van der Waals surface area contributed by atoms with Crippen molar-refractivity contribution in [1.82, 2.24) is 10.1 Å². The third-order valence-corrected chi connectivity index (χ3v) is 1.72. The molecule has 0 unspecified atom stereocenters. The molecule has 0 spiro atoms. The smallest absolute Gasteiger partial charge is 0.358 e. The van der Waals surface area contributed by atoms with Crippen LogP contribution >= 0.6 is 0 Å². The molecule has 6 nitrogen and oxygen atoms in total. The van der Waals surface area contributed by atoms with Crippen molar-refractivity contribution in [1.29, 1.82) is 0 Å². The lowest BCUT2D eigenvalue weighted by Crippen LogP contribution is -1.96. The van der Waals surface area contributed by atoms with Crippen LogP contribution in [-0.2, 0) is 0 Å². The molecule has 2 aromatic rings. The Hall–Kier alpha value is -2.11. The number of hydrogen-bond donors (Lipinski definition) is 1. The van der Waals surface area contributed by atoms with E-state index in [1.165, 1.54) is 7.11 Å². The van der Waals surface area contributed by atoms with E-state index < -0.39 is 5.97 Å². The van der Waals surface area contributed by atoms with E-state index in [-0.39, 0.29) is 11.4 Å². The summed E-state index contributed by atoms with van der Waals surface area (Å²) in [4.78, 5) is 14.5. The van der Waals surface area contributed by atoms with Crippen molar-refractivity contribution in [2.75, 3.05) is 7.11 Å². The zero-order valence-electron chi connectivity index (χ0n) is 7.22. The van der Waals surface area contributed by atoms with Gasteiger partial charge in [0.2, 0.25) is 11.6 Å². The van der Waals surface area contributed by atoms with E-state index in [0.29, 0.717) is 11.3 Å². The van der Waals surface area contributed by atoms with Gasteiger partial charge in [-0.2, -0.15) is 4.98 Å². The summed E-state index contributed by atoms with van der Waals surface area (Å²) in [5, 5.41) is 12.5. The molecule has 0 amide bonds. The number of carboxylic acid groups (broad SMARTS) is 1. The topological polar surface area (TPSA) is 85.5 Å². The first-order valence-electron chi connectivity index (χ1n) is 3.76. The number of hydrogen-bond acceptors (Lipinski definition) is 5. The highest BCUT2D eigenvalue weighted by Gasteiger charge is 2.15. The minimum Gasteiger partial charge on any atom is -0.481 e. The van der Waals surface area contributed by atoms with Gasteiger partial charge in [0.25, 0.3) is 5.71 Å². The molecule has 2 rings (SSSR count). The summed E-state index contributed by atoms with van der Waals surface area (Å²) in [7, 11) is 1.46. The highest BCUT2D eigenvalue weighted by atomic mass is 16.5. The Morgan fingerprint density at radius 2 is 2.36 bits per heavy atom. The van der Waals surface area contributed by atoms with E-state index in [9.17, 15) is 4.79 Å². The molecule has 6 heteroatoms. The predicted molar refractivity (Wildman–Crippen MR) is 45.3 cm³/mol. The number of carboxylic acids is 1. The largest absolute Gasteiger partial charge is 0.481 e. The molecule has 0 aromatic carbocycles. The first-order valence-corrected chi connectivity index (χ1v) is 3.76. The van der Waals surface area contributed by atoms with Crippen LogP contribution in [0.4, 0.5) is 0 Å². The second-order valence-electron chi connectivity index (χ2n) is 2.54. The van der Waals surface area contributed by atoms with Crippen LogP contribution in [0, 0.1) is 0 Å². The van der Waals surface area contributed by atoms with Crippen LogP contribution in [-0.4, -0.2) is 28.3 Å². The minimum absolute atomic E-state index is 0.143. The zero-order chi connectivity index (χ0) is 10.1. The van der Waals surface area contributed by atoms with Gasteiger partial charge in [0.15, 0.2) is 0 Å². The van der Waals surface area contributed by atoms with Gasteiger partial charge in [0.1, 0.15) is 0 Å². The molecular weight excluding hydrogens is 188 g/mol. The second kappa shape index (κ2) is 2.99. The standard InChI is InChI=1S/C8H6N2O4/c1-13-5-3-2-4-6(8(11)12)10-14-7(4)9-5/h2-3H,1H3,(H,11,12). The Morgan fingerprint density at radius 1 is 1.57 bits per heavy atom. The van der Waals surface area contributed by atoms with Gasteiger partial charge in [-0.05, 0) is 6.07 Å². The Kier molecular flexibility index (Phi) is 1.81. The van der Waals surface area contributed by atoms with Crippen molar-refractivity contribution in [3.63, 3.8) is 0 Å². The summed E-state index contributed by atoms with van der Waals surface area (Å²) in [6, 6.07) is 3.09. The Labute approximate surface area is 78.1 Å². The Morgan fingerprint density at radius 3 is 3.00 bits per heavy atom. The predicted octanol–water partition coefficient (Wildman–Crippen LogP) is 0.930. The molecule has 0 radical (unpaired) electrons. The van der Waals surface area contributed by atoms with Crippen molar-refractivity contribution >= 4 is 17.1 Å². The molecule has 0 bridgehead atoms. The van der Waals surface area contributed by atoms with Gasteiger partial charge in [0, 0.05) is 6.07 Å². The van der Waals surface area contributed by atoms with Crippen LogP contribution < -0.4 is 4.74 Å². The maximum Gasteiger partial charge on any atom is 0.358 e. The molecule has 2 aromatic heterocycles. The van der Waals surface area contributed by atoms with Gasteiger partial charge >= 0.3 is 5.97 Å². The first-order chi connectivity index (χ1) is 6.72. The molecule has 0 aliphatic rings. The van der Waals surface area contributed by atoms with Gasteiger partial charge in [-0.15, -0.1) is 0 Å². The number of aromatic nitrogens is 2. The van der Waals surface area contributed by atoms with Crippen molar-refractivity contribution < 1.29 is 19.2 Å². The van der Waals surface area contributed by atoms with Crippen LogP contribution in [0.2, 0.25) is 0 Å². The van der Waals surface area contributed by atoms with Crippen LogP contribution in [0.1, 0.15) is 10.5 Å². The van der Waals surface area contributed by atoms with Crippen LogP contribution in [0.25, 0.3) is 11.1 Å². The second-order valence-corrected chi connectivity index (χ2v) is 2.54. The Balaban J connectivity index is 2.65. The highest BCUT2D eigenvalue weighted by molar-refractivity contribution is 5.99. The monoisotopic (exact) mass is 194 g/mol. The first kappa shape index (κ1) is 8.49. The van der Waals surface area contributed by atoms with Crippen molar-refractivity contribution in [3.8, 4) is 5.88 Å². The fourth-order valence-corrected chi connectivity index (χ4v) is 1.08. The average Bonchev–Trinajstić information content (AvgIpc) is 2.59. The minimum atomic E-state index is -1.14. The number of nitrogens with zero attached hydrogens (tertiary/aromatic N) is 2. The van der Waals surface area contributed by atoms with Crippen LogP contribution in [0.3, 0.4) is 0 Å². The fraction of sp³-hybridized carbons (Fsp3) is 0.125. The normalized spacial score (nSPS) is 10.4. The SMILES string of the molecule is COc1ccc2c(C(=O)O)noc2n1. The molecule has 14 heavy (non-hydrogen) atoms. The summed E-state index contributed by atoms with van der Waals surface area (Å²) in [6.45, 7) is 0. The summed E-state index contributed by atoms with van der Waals surface area (Å²) >= 11 is 0. The fourth-order valence-electron chi connectivity index (χ4n) is 1.08. The molecule has 0 atom stereocenters. The lowest BCUT2D eigenvalue weighted by Gasteiger charge is -1.95. The molecule has 72 valence electrons. The number of pyridine rings is 1. The van der Waals surface area contributed by atoms with Gasteiger partial charge < -0.3 is 14.4 Å². The average molecular weight is 194 g/mol. The van der Waals surface area contributed by atoms with E-state index in [4.69, 9.17) is 14.4 Å². The molecule has 0 aliphatic carbocycles. The van der Waals surface area contributed by atoms with Gasteiger partial charge in [-0.25, -0.2) is 4.79 Å². The van der Waals surface area contributed by atoms with Crippen LogP contribution in [0.15, 0.2) is 16.7 Å². The number of rotatable bonds is 2. The van der Waals surface area contributed by atoms with Gasteiger partial charge in [-0.3, -0.25) is 0 Å². The van der Waals surface area contributed by atoms with E-state index in [1.807, 2.05) is 0 Å². The lowest BCUT2D eigenvalue weighted by molar-refractivity contribution is 0.0688. The molecular formula is C8H6N2O4. The van der Waals surface area contributed by atoms with Crippen molar-refractivity contribution in [3.05, 3.63) is 17.8 Å². The van der Waals surface area contributed by atoms with E-state index in [2.05, 4.69) is 10.1 Å². The van der Waals surface area contributed by atoms with Crippen LogP contribution in [0.5, 0.6) is 5.88 Å². The maximum absolute atomic E-state index is 10.6.